The van der Waals surface area contributed by atoms with Crippen LogP contribution in [0, 0.1) is 18.3 Å². The zero-order chi connectivity index (χ0) is 13.8. The molecule has 20 heavy (non-hydrogen) atoms. The lowest BCUT2D eigenvalue weighted by Crippen LogP contribution is -2.53. The van der Waals surface area contributed by atoms with Crippen molar-refractivity contribution in [3.8, 4) is 12.3 Å². The Hall–Kier alpha value is -1.30. The fraction of sp³-hybridized carbons (Fsp3) is 0.556. The van der Waals surface area contributed by atoms with Gasteiger partial charge in [-0.1, -0.05) is 30.3 Å². The van der Waals surface area contributed by atoms with E-state index in [1.165, 1.54) is 24.9 Å². The Labute approximate surface area is 122 Å². The van der Waals surface area contributed by atoms with Crippen molar-refractivity contribution in [2.24, 2.45) is 5.92 Å². The van der Waals surface area contributed by atoms with E-state index >= 15 is 0 Å². The molecule has 3 rings (SSSR count). The first-order chi connectivity index (χ1) is 9.88. The first-order valence-corrected chi connectivity index (χ1v) is 7.84. The van der Waals surface area contributed by atoms with E-state index in [0.717, 1.165) is 31.8 Å². The second-order valence-corrected chi connectivity index (χ2v) is 6.08. The number of rotatable bonds is 5. The van der Waals surface area contributed by atoms with Crippen LogP contribution in [0.5, 0.6) is 0 Å². The molecule has 0 spiro atoms. The van der Waals surface area contributed by atoms with Gasteiger partial charge in [0.05, 0.1) is 0 Å². The number of nitrogens with one attached hydrogen (secondary N) is 1. The smallest absolute Gasteiger partial charge is 0.0473 e. The lowest BCUT2D eigenvalue weighted by atomic mass is 9.99. The molecule has 106 valence electrons. The van der Waals surface area contributed by atoms with Crippen molar-refractivity contribution in [1.82, 2.24) is 10.2 Å². The molecule has 1 saturated heterocycles. The van der Waals surface area contributed by atoms with Crippen LogP contribution < -0.4 is 5.32 Å². The number of benzene rings is 1. The van der Waals surface area contributed by atoms with E-state index in [1.54, 1.807) is 0 Å². The second kappa shape index (κ2) is 6.43. The Bertz CT molecular complexity index is 458. The molecule has 1 aliphatic carbocycles. The normalized spacial score (nSPS) is 27.1. The van der Waals surface area contributed by atoms with Crippen molar-refractivity contribution in [3.05, 3.63) is 35.9 Å². The Morgan fingerprint density at radius 2 is 2.05 bits per heavy atom. The SMILES string of the molecule is C#CCCCN1CC(C2CC2)NCC1c1ccccc1. The van der Waals surface area contributed by atoms with Crippen molar-refractivity contribution in [3.63, 3.8) is 0 Å². The van der Waals surface area contributed by atoms with Crippen molar-refractivity contribution in [2.75, 3.05) is 19.6 Å². The maximum absolute atomic E-state index is 5.39. The summed E-state index contributed by atoms with van der Waals surface area (Å²) in [5, 5.41) is 3.77. The van der Waals surface area contributed by atoms with Gasteiger partial charge in [0.25, 0.3) is 0 Å². The highest BCUT2D eigenvalue weighted by Crippen LogP contribution is 2.36. The molecule has 1 aromatic carbocycles. The minimum absolute atomic E-state index is 0.504. The third-order valence-corrected chi connectivity index (χ3v) is 4.59. The molecule has 2 unspecified atom stereocenters. The van der Waals surface area contributed by atoms with Crippen LogP contribution in [0.1, 0.15) is 37.3 Å². The molecule has 2 fully saturated rings. The second-order valence-electron chi connectivity index (χ2n) is 6.08. The van der Waals surface area contributed by atoms with Crippen LogP contribution in [0.3, 0.4) is 0 Å². The highest BCUT2D eigenvalue weighted by Gasteiger charge is 2.37. The van der Waals surface area contributed by atoms with Gasteiger partial charge in [-0.05, 0) is 37.3 Å². The molecule has 2 nitrogen and oxygen atoms in total. The molecule has 2 aliphatic rings. The number of unbranched alkanes of at least 4 members (excludes halogenated alkanes) is 1. The zero-order valence-electron chi connectivity index (χ0n) is 12.1. The molecule has 0 aromatic heterocycles. The summed E-state index contributed by atoms with van der Waals surface area (Å²) in [4.78, 5) is 2.64. The maximum atomic E-state index is 5.39. The van der Waals surface area contributed by atoms with E-state index in [1.807, 2.05) is 0 Å². The number of hydrogen-bond donors (Lipinski definition) is 1. The largest absolute Gasteiger partial charge is 0.311 e. The molecular formula is C18H24N2. The first-order valence-electron chi connectivity index (χ1n) is 7.84. The monoisotopic (exact) mass is 268 g/mol. The summed E-state index contributed by atoms with van der Waals surface area (Å²) in [5.74, 6) is 3.68. The van der Waals surface area contributed by atoms with Gasteiger partial charge in [-0.3, -0.25) is 4.90 Å². The van der Waals surface area contributed by atoms with Crippen LogP contribution in [-0.4, -0.2) is 30.6 Å². The summed E-state index contributed by atoms with van der Waals surface area (Å²) in [7, 11) is 0. The molecule has 1 saturated carbocycles. The zero-order valence-corrected chi connectivity index (χ0v) is 12.1. The van der Waals surface area contributed by atoms with Crippen LogP contribution in [0.2, 0.25) is 0 Å². The van der Waals surface area contributed by atoms with Crippen LogP contribution in [0.25, 0.3) is 0 Å². The summed E-state index contributed by atoms with van der Waals surface area (Å²) in [6.45, 7) is 3.37. The van der Waals surface area contributed by atoms with Crippen LogP contribution in [0.15, 0.2) is 30.3 Å². The molecule has 2 heteroatoms. The molecule has 0 amide bonds. The summed E-state index contributed by atoms with van der Waals surface area (Å²) in [5.41, 5.74) is 1.43. The Balaban J connectivity index is 1.68. The van der Waals surface area contributed by atoms with Gasteiger partial charge >= 0.3 is 0 Å². The van der Waals surface area contributed by atoms with Gasteiger partial charge in [-0.2, -0.15) is 0 Å². The standard InChI is InChI=1S/C18H24N2/c1-2-3-7-12-20-14-17(15-10-11-15)19-13-18(20)16-8-5-4-6-9-16/h1,4-6,8-9,15,17-19H,3,7,10-14H2. The number of piperazine rings is 1. The predicted octanol–water partition coefficient (Wildman–Crippen LogP) is 2.82. The number of nitrogens with zero attached hydrogens (tertiary/aromatic N) is 1. The maximum Gasteiger partial charge on any atom is 0.0473 e. The molecule has 1 aliphatic heterocycles. The molecular weight excluding hydrogens is 244 g/mol. The van der Waals surface area contributed by atoms with Crippen molar-refractivity contribution in [1.29, 1.82) is 0 Å². The highest BCUT2D eigenvalue weighted by atomic mass is 15.2. The molecule has 2 atom stereocenters. The minimum atomic E-state index is 0.504. The highest BCUT2D eigenvalue weighted by molar-refractivity contribution is 5.20. The molecule has 0 radical (unpaired) electrons. The molecule has 0 bridgehead atoms. The third kappa shape index (κ3) is 3.23. The van der Waals surface area contributed by atoms with E-state index in [2.05, 4.69) is 46.5 Å². The van der Waals surface area contributed by atoms with Gasteiger partial charge in [-0.15, -0.1) is 12.3 Å². The van der Waals surface area contributed by atoms with E-state index in [0.29, 0.717) is 12.1 Å². The molecule has 1 aromatic rings. The van der Waals surface area contributed by atoms with Crippen LogP contribution >= 0.6 is 0 Å². The van der Waals surface area contributed by atoms with Gasteiger partial charge in [0, 0.05) is 31.6 Å². The fourth-order valence-electron chi connectivity index (χ4n) is 3.29. The Morgan fingerprint density at radius 3 is 2.75 bits per heavy atom. The lowest BCUT2D eigenvalue weighted by molar-refractivity contribution is 0.121. The van der Waals surface area contributed by atoms with E-state index in [4.69, 9.17) is 6.42 Å². The first kappa shape index (κ1) is 13.7. The van der Waals surface area contributed by atoms with Gasteiger partial charge in [-0.25, -0.2) is 0 Å². The van der Waals surface area contributed by atoms with Gasteiger partial charge in [0.2, 0.25) is 0 Å². The van der Waals surface area contributed by atoms with Gasteiger partial charge in [0.1, 0.15) is 0 Å². The molecule has 1 heterocycles. The lowest BCUT2D eigenvalue weighted by Gasteiger charge is -2.41. The average molecular weight is 268 g/mol. The predicted molar refractivity (Wildman–Crippen MR) is 83.3 cm³/mol. The molecule has 1 N–H and O–H groups in total. The summed E-state index contributed by atoms with van der Waals surface area (Å²) >= 11 is 0. The van der Waals surface area contributed by atoms with E-state index in [-0.39, 0.29) is 0 Å². The minimum Gasteiger partial charge on any atom is -0.311 e. The van der Waals surface area contributed by atoms with E-state index < -0.39 is 0 Å². The Kier molecular flexibility index (Phi) is 4.40. The van der Waals surface area contributed by atoms with Crippen LogP contribution in [0.4, 0.5) is 0 Å². The van der Waals surface area contributed by atoms with Crippen LogP contribution in [-0.2, 0) is 0 Å². The summed E-state index contributed by atoms with van der Waals surface area (Å²) < 4.78 is 0. The quantitative estimate of drug-likeness (QED) is 0.652. The van der Waals surface area contributed by atoms with Gasteiger partial charge in [0.15, 0.2) is 0 Å². The third-order valence-electron chi connectivity index (χ3n) is 4.59. The van der Waals surface area contributed by atoms with Crippen molar-refractivity contribution < 1.29 is 0 Å². The summed E-state index contributed by atoms with van der Waals surface area (Å²) in [6, 6.07) is 12.1. The number of terminal acetylenes is 1. The fourth-order valence-corrected chi connectivity index (χ4v) is 3.29. The van der Waals surface area contributed by atoms with Crippen molar-refractivity contribution >= 4 is 0 Å². The van der Waals surface area contributed by atoms with Gasteiger partial charge < -0.3 is 5.32 Å². The topological polar surface area (TPSA) is 15.3 Å². The Morgan fingerprint density at radius 1 is 1.25 bits per heavy atom. The van der Waals surface area contributed by atoms with E-state index in [9.17, 15) is 0 Å². The average Bonchev–Trinajstić information content (AvgIpc) is 3.33. The van der Waals surface area contributed by atoms with Crippen molar-refractivity contribution in [2.45, 2.75) is 37.8 Å². The number of hydrogen-bond acceptors (Lipinski definition) is 2. The summed E-state index contributed by atoms with van der Waals surface area (Å²) in [6.07, 6.45) is 10.2.